The molecule has 0 rings (SSSR count). The van der Waals surface area contributed by atoms with Gasteiger partial charge in [-0.2, -0.15) is 0 Å². The molecule has 0 aliphatic rings. The topological polar surface area (TPSA) is 0 Å². The van der Waals surface area contributed by atoms with Crippen molar-refractivity contribution in [3.8, 4) is 0 Å². The monoisotopic (exact) mass is 182 g/mol. The van der Waals surface area contributed by atoms with Crippen LogP contribution in [0.15, 0.2) is 60.3 Å². The van der Waals surface area contributed by atoms with Crippen LogP contribution in [0.4, 0.5) is 4.39 Å². The summed E-state index contributed by atoms with van der Waals surface area (Å²) in [7, 11) is 0. The van der Waals surface area contributed by atoms with E-state index in [0.717, 1.165) is 5.41 Å². The summed E-state index contributed by atoms with van der Waals surface area (Å²) in [5, 5.41) is 1.06. The predicted octanol–water partition coefficient (Wildman–Crippen LogP) is 3.58. The Labute approximate surface area is 77.9 Å². The number of hydrogen-bond donors (Lipinski definition) is 1. The number of halogens is 1. The van der Waals surface area contributed by atoms with E-state index >= 15 is 0 Å². The van der Waals surface area contributed by atoms with Gasteiger partial charge in [0.05, 0.1) is 0 Å². The first-order valence-corrected chi connectivity index (χ1v) is 3.83. The van der Waals surface area contributed by atoms with Crippen LogP contribution < -0.4 is 0 Å². The molecule has 0 aromatic carbocycles. The molecule has 2 heteroatoms. The number of thiol groups is 1. The highest BCUT2D eigenvalue weighted by Gasteiger charge is 2.02. The van der Waals surface area contributed by atoms with Crippen molar-refractivity contribution in [2.75, 3.05) is 0 Å². The molecule has 0 aliphatic carbocycles. The van der Waals surface area contributed by atoms with Gasteiger partial charge in [-0.15, -0.1) is 12.6 Å². The van der Waals surface area contributed by atoms with Gasteiger partial charge in [0.2, 0.25) is 0 Å². The SMILES string of the molecule is C=C/C=C(\C=C)C(=C)/C(F)=C\S. The van der Waals surface area contributed by atoms with Gasteiger partial charge in [-0.05, 0) is 5.57 Å². The van der Waals surface area contributed by atoms with Crippen LogP contribution in [0.5, 0.6) is 0 Å². The van der Waals surface area contributed by atoms with Crippen molar-refractivity contribution < 1.29 is 4.39 Å². The zero-order valence-electron chi connectivity index (χ0n) is 6.76. The Bertz CT molecular complexity index is 259. The van der Waals surface area contributed by atoms with E-state index in [4.69, 9.17) is 0 Å². The van der Waals surface area contributed by atoms with Crippen LogP contribution in [-0.2, 0) is 0 Å². The van der Waals surface area contributed by atoms with Gasteiger partial charge in [0.1, 0.15) is 5.83 Å². The Morgan fingerprint density at radius 1 is 1.33 bits per heavy atom. The maximum atomic E-state index is 12.8. The molecule has 64 valence electrons. The van der Waals surface area contributed by atoms with Crippen LogP contribution in [0.3, 0.4) is 0 Å². The van der Waals surface area contributed by atoms with Crippen molar-refractivity contribution >= 4 is 12.6 Å². The Kier molecular flexibility index (Phi) is 5.13. The number of allylic oxidation sites excluding steroid dienone is 6. The summed E-state index contributed by atoms with van der Waals surface area (Å²) in [4.78, 5) is 0. The third-order valence-corrected chi connectivity index (χ3v) is 1.49. The van der Waals surface area contributed by atoms with E-state index in [1.54, 1.807) is 12.2 Å². The largest absolute Gasteiger partial charge is 0.206 e. The summed E-state index contributed by atoms with van der Waals surface area (Å²) in [6.07, 6.45) is 4.70. The molecule has 0 N–H and O–H groups in total. The summed E-state index contributed by atoms with van der Waals surface area (Å²) in [6, 6.07) is 0. The molecule has 12 heavy (non-hydrogen) atoms. The molecule has 0 atom stereocenters. The van der Waals surface area contributed by atoms with Gasteiger partial charge in [0, 0.05) is 11.0 Å². The minimum atomic E-state index is -0.466. The van der Waals surface area contributed by atoms with Crippen LogP contribution >= 0.6 is 12.6 Å². The maximum absolute atomic E-state index is 12.8. The molecule has 0 nitrogen and oxygen atoms in total. The predicted molar refractivity (Wildman–Crippen MR) is 55.8 cm³/mol. The van der Waals surface area contributed by atoms with Crippen LogP contribution in [0.2, 0.25) is 0 Å². The van der Waals surface area contributed by atoms with E-state index in [1.807, 2.05) is 0 Å². The average Bonchev–Trinajstić information content (AvgIpc) is 2.11. The highest BCUT2D eigenvalue weighted by Crippen LogP contribution is 2.19. The molecule has 0 spiro atoms. The third-order valence-electron chi connectivity index (χ3n) is 1.27. The van der Waals surface area contributed by atoms with Crippen molar-refractivity contribution in [3.63, 3.8) is 0 Å². The lowest BCUT2D eigenvalue weighted by molar-refractivity contribution is 0.659. The molecule has 0 fully saturated rings. The van der Waals surface area contributed by atoms with Crippen molar-refractivity contribution in [1.29, 1.82) is 0 Å². The molecule has 0 saturated heterocycles. The number of rotatable bonds is 4. The molecule has 0 aliphatic heterocycles. The summed E-state index contributed by atoms with van der Waals surface area (Å²) in [5.74, 6) is -0.466. The summed E-state index contributed by atoms with van der Waals surface area (Å²) >= 11 is 3.67. The first-order valence-electron chi connectivity index (χ1n) is 3.32. The fourth-order valence-corrected chi connectivity index (χ4v) is 0.790. The zero-order valence-corrected chi connectivity index (χ0v) is 7.65. The van der Waals surface area contributed by atoms with Gasteiger partial charge < -0.3 is 0 Å². The molecule has 0 aromatic rings. The van der Waals surface area contributed by atoms with Crippen LogP contribution in [-0.4, -0.2) is 0 Å². The summed E-state index contributed by atoms with van der Waals surface area (Å²) in [5.41, 5.74) is 0.868. The molecule has 0 radical (unpaired) electrons. The van der Waals surface area contributed by atoms with Gasteiger partial charge in [-0.3, -0.25) is 0 Å². The van der Waals surface area contributed by atoms with E-state index in [0.29, 0.717) is 5.57 Å². The van der Waals surface area contributed by atoms with Gasteiger partial charge in [-0.1, -0.05) is 38.0 Å². The van der Waals surface area contributed by atoms with Crippen molar-refractivity contribution in [1.82, 2.24) is 0 Å². The van der Waals surface area contributed by atoms with Gasteiger partial charge in [-0.25, -0.2) is 4.39 Å². The standard InChI is InChI=1S/C10H11FS/c1-4-6-9(5-2)8(3)10(11)7-12/h4-7,12H,1-3H2/b9-6+,10-7+. The van der Waals surface area contributed by atoms with E-state index < -0.39 is 5.83 Å². The molecule has 0 amide bonds. The first kappa shape index (κ1) is 11.0. The quantitative estimate of drug-likeness (QED) is 0.498. The highest BCUT2D eigenvalue weighted by molar-refractivity contribution is 7.83. The van der Waals surface area contributed by atoms with Crippen LogP contribution in [0.1, 0.15) is 0 Å². The molecule has 0 aromatic heterocycles. The molecule has 0 unspecified atom stereocenters. The Morgan fingerprint density at radius 3 is 2.25 bits per heavy atom. The van der Waals surface area contributed by atoms with E-state index in [9.17, 15) is 4.39 Å². The van der Waals surface area contributed by atoms with Gasteiger partial charge >= 0.3 is 0 Å². The van der Waals surface area contributed by atoms with Gasteiger partial charge in [0.25, 0.3) is 0 Å². The van der Waals surface area contributed by atoms with E-state index in [2.05, 4.69) is 32.4 Å². The minimum absolute atomic E-state index is 0.264. The van der Waals surface area contributed by atoms with Gasteiger partial charge in [0.15, 0.2) is 0 Å². The minimum Gasteiger partial charge on any atom is -0.206 e. The average molecular weight is 182 g/mol. The van der Waals surface area contributed by atoms with Crippen molar-refractivity contribution in [3.05, 3.63) is 60.3 Å². The van der Waals surface area contributed by atoms with Crippen LogP contribution in [0.25, 0.3) is 0 Å². The lowest BCUT2D eigenvalue weighted by Crippen LogP contribution is -1.84. The first-order chi connectivity index (χ1) is 5.67. The number of hydrogen-bond acceptors (Lipinski definition) is 1. The normalized spacial score (nSPS) is 12.5. The highest BCUT2D eigenvalue weighted by atomic mass is 32.1. The Hall–Kier alpha value is -1.02. The molecule has 0 bridgehead atoms. The third kappa shape index (κ3) is 2.93. The smallest absolute Gasteiger partial charge is 0.136 e. The lowest BCUT2D eigenvalue weighted by atomic mass is 10.1. The zero-order chi connectivity index (χ0) is 9.56. The second-order valence-electron chi connectivity index (χ2n) is 2.02. The Morgan fingerprint density at radius 2 is 1.92 bits per heavy atom. The fraction of sp³-hybridized carbons (Fsp3) is 0. The fourth-order valence-electron chi connectivity index (χ4n) is 0.635. The maximum Gasteiger partial charge on any atom is 0.136 e. The van der Waals surface area contributed by atoms with E-state index in [1.165, 1.54) is 6.08 Å². The second-order valence-corrected chi connectivity index (χ2v) is 2.28. The molecule has 0 heterocycles. The summed E-state index contributed by atoms with van der Waals surface area (Å²) in [6.45, 7) is 10.5. The van der Waals surface area contributed by atoms with Crippen LogP contribution in [0, 0.1) is 0 Å². The lowest BCUT2D eigenvalue weighted by Gasteiger charge is -2.01. The van der Waals surface area contributed by atoms with E-state index in [-0.39, 0.29) is 5.57 Å². The second kappa shape index (κ2) is 5.61. The molecule has 0 saturated carbocycles. The Balaban J connectivity index is 4.77. The summed E-state index contributed by atoms with van der Waals surface area (Å²) < 4.78 is 12.8. The van der Waals surface area contributed by atoms with Crippen molar-refractivity contribution in [2.45, 2.75) is 0 Å². The molecular weight excluding hydrogens is 171 g/mol. The molecular formula is C10H11FS. The van der Waals surface area contributed by atoms with Crippen molar-refractivity contribution in [2.24, 2.45) is 0 Å².